The van der Waals surface area contributed by atoms with Gasteiger partial charge in [0.2, 0.25) is 5.88 Å². The van der Waals surface area contributed by atoms with Crippen LogP contribution in [0.2, 0.25) is 0 Å². The highest BCUT2D eigenvalue weighted by Crippen LogP contribution is 2.24. The van der Waals surface area contributed by atoms with Gasteiger partial charge in [-0.15, -0.1) is 0 Å². The Balaban J connectivity index is 1.83. The van der Waals surface area contributed by atoms with Crippen LogP contribution >= 0.6 is 0 Å². The maximum Gasteiger partial charge on any atom is 0.258 e. The van der Waals surface area contributed by atoms with E-state index in [-0.39, 0.29) is 5.91 Å². The molecule has 1 aromatic rings. The Labute approximate surface area is 87.4 Å². The first-order valence-corrected chi connectivity index (χ1v) is 5.34. The third kappa shape index (κ3) is 1.58. The van der Waals surface area contributed by atoms with E-state index in [0.717, 1.165) is 25.8 Å². The summed E-state index contributed by atoms with van der Waals surface area (Å²) in [7, 11) is 0. The molecular formula is C10H13N3O2. The van der Waals surface area contributed by atoms with Crippen molar-refractivity contribution in [2.45, 2.75) is 31.8 Å². The molecule has 0 radical (unpaired) electrons. The van der Waals surface area contributed by atoms with Crippen molar-refractivity contribution in [1.29, 1.82) is 0 Å². The van der Waals surface area contributed by atoms with Crippen molar-refractivity contribution < 1.29 is 9.53 Å². The highest BCUT2D eigenvalue weighted by molar-refractivity contribution is 5.96. The van der Waals surface area contributed by atoms with Crippen LogP contribution < -0.4 is 10.1 Å². The summed E-state index contributed by atoms with van der Waals surface area (Å²) in [4.78, 5) is 11.8. The van der Waals surface area contributed by atoms with E-state index < -0.39 is 0 Å². The van der Waals surface area contributed by atoms with Crippen LogP contribution in [0.15, 0.2) is 6.20 Å². The Morgan fingerprint density at radius 3 is 3.27 bits per heavy atom. The van der Waals surface area contributed by atoms with E-state index in [0.29, 0.717) is 24.1 Å². The molecule has 1 fully saturated rings. The molecule has 0 saturated heterocycles. The predicted molar refractivity (Wildman–Crippen MR) is 52.8 cm³/mol. The summed E-state index contributed by atoms with van der Waals surface area (Å²) in [6.07, 6.45) is 4.74. The molecule has 0 aromatic carbocycles. The van der Waals surface area contributed by atoms with Crippen molar-refractivity contribution in [2.75, 3.05) is 6.61 Å². The van der Waals surface area contributed by atoms with Gasteiger partial charge in [0.1, 0.15) is 5.56 Å². The normalized spacial score (nSPS) is 19.2. The molecule has 0 spiro atoms. The van der Waals surface area contributed by atoms with Crippen molar-refractivity contribution in [3.8, 4) is 5.88 Å². The van der Waals surface area contributed by atoms with Crippen LogP contribution in [-0.2, 0) is 6.54 Å². The van der Waals surface area contributed by atoms with Crippen LogP contribution in [0.4, 0.5) is 0 Å². The molecule has 5 nitrogen and oxygen atoms in total. The SMILES string of the molecule is O=C(NC1CC1)c1cnn2c1OCCC2. The molecule has 1 amide bonds. The van der Waals surface area contributed by atoms with Gasteiger partial charge < -0.3 is 10.1 Å². The second kappa shape index (κ2) is 3.25. The Kier molecular flexibility index (Phi) is 1.90. The zero-order valence-electron chi connectivity index (χ0n) is 8.40. The van der Waals surface area contributed by atoms with Gasteiger partial charge in [-0.2, -0.15) is 5.10 Å². The Bertz CT molecular complexity index is 395. The van der Waals surface area contributed by atoms with E-state index in [1.54, 1.807) is 10.9 Å². The van der Waals surface area contributed by atoms with Crippen LogP contribution in [0.5, 0.6) is 5.88 Å². The molecule has 1 aromatic heterocycles. The fourth-order valence-electron chi connectivity index (χ4n) is 1.72. The highest BCUT2D eigenvalue weighted by Gasteiger charge is 2.27. The van der Waals surface area contributed by atoms with Gasteiger partial charge in [-0.3, -0.25) is 4.79 Å². The molecule has 0 bridgehead atoms. The summed E-state index contributed by atoms with van der Waals surface area (Å²) in [6.45, 7) is 1.52. The summed E-state index contributed by atoms with van der Waals surface area (Å²) >= 11 is 0. The number of nitrogens with one attached hydrogen (secondary N) is 1. The van der Waals surface area contributed by atoms with Gasteiger partial charge >= 0.3 is 0 Å². The van der Waals surface area contributed by atoms with Gasteiger partial charge in [0, 0.05) is 19.0 Å². The molecule has 2 aliphatic rings. The lowest BCUT2D eigenvalue weighted by molar-refractivity contribution is 0.0944. The van der Waals surface area contributed by atoms with Crippen LogP contribution in [0.25, 0.3) is 0 Å². The average Bonchev–Trinajstić information content (AvgIpc) is 2.96. The van der Waals surface area contributed by atoms with E-state index in [9.17, 15) is 4.79 Å². The number of aromatic nitrogens is 2. The number of carbonyl (C=O) groups excluding carboxylic acids is 1. The minimum absolute atomic E-state index is 0.0550. The minimum Gasteiger partial charge on any atom is -0.477 e. The second-order valence-electron chi connectivity index (χ2n) is 4.04. The number of fused-ring (bicyclic) bond motifs is 1. The fraction of sp³-hybridized carbons (Fsp3) is 0.600. The van der Waals surface area contributed by atoms with Gasteiger partial charge in [0.05, 0.1) is 12.8 Å². The van der Waals surface area contributed by atoms with Crippen LogP contribution in [0.3, 0.4) is 0 Å². The summed E-state index contributed by atoms with van der Waals surface area (Å²) in [5, 5.41) is 7.07. The predicted octanol–water partition coefficient (Wildman–Crippen LogP) is 0.558. The number of amides is 1. The molecule has 0 unspecified atom stereocenters. The number of hydrogen-bond donors (Lipinski definition) is 1. The molecule has 0 atom stereocenters. The van der Waals surface area contributed by atoms with Gasteiger partial charge in [-0.05, 0) is 12.8 Å². The third-order valence-electron chi connectivity index (χ3n) is 2.70. The second-order valence-corrected chi connectivity index (χ2v) is 4.04. The summed E-state index contributed by atoms with van der Waals surface area (Å²) in [5.41, 5.74) is 0.571. The monoisotopic (exact) mass is 207 g/mol. The van der Waals surface area contributed by atoms with Crippen molar-refractivity contribution in [3.05, 3.63) is 11.8 Å². The van der Waals surface area contributed by atoms with E-state index in [4.69, 9.17) is 4.74 Å². The topological polar surface area (TPSA) is 56.2 Å². The van der Waals surface area contributed by atoms with Crippen molar-refractivity contribution in [1.82, 2.24) is 15.1 Å². The molecule has 1 aliphatic heterocycles. The number of rotatable bonds is 2. The summed E-state index contributed by atoms with van der Waals surface area (Å²) in [6, 6.07) is 0.372. The maximum absolute atomic E-state index is 11.8. The first-order chi connectivity index (χ1) is 7.34. The third-order valence-corrected chi connectivity index (χ3v) is 2.70. The van der Waals surface area contributed by atoms with Crippen LogP contribution in [0.1, 0.15) is 29.6 Å². The summed E-state index contributed by atoms with van der Waals surface area (Å²) < 4.78 is 7.21. The lowest BCUT2D eigenvalue weighted by Gasteiger charge is -2.15. The average molecular weight is 207 g/mol. The maximum atomic E-state index is 11.8. The standard InChI is InChI=1S/C10H13N3O2/c14-9(12-7-2-3-7)8-6-11-13-4-1-5-15-10(8)13/h6-7H,1-5H2,(H,12,14). The summed E-state index contributed by atoms with van der Waals surface area (Å²) in [5.74, 6) is 0.569. The molecule has 1 aliphatic carbocycles. The smallest absolute Gasteiger partial charge is 0.258 e. The van der Waals surface area contributed by atoms with Crippen molar-refractivity contribution in [3.63, 3.8) is 0 Å². The molecule has 2 heterocycles. The largest absolute Gasteiger partial charge is 0.477 e. The quantitative estimate of drug-likeness (QED) is 0.770. The number of ether oxygens (including phenoxy) is 1. The Hall–Kier alpha value is -1.52. The van der Waals surface area contributed by atoms with Crippen LogP contribution in [0, 0.1) is 0 Å². The molecule has 1 saturated carbocycles. The lowest BCUT2D eigenvalue weighted by Crippen LogP contribution is -2.26. The highest BCUT2D eigenvalue weighted by atomic mass is 16.5. The number of hydrogen-bond acceptors (Lipinski definition) is 3. The first-order valence-electron chi connectivity index (χ1n) is 5.34. The molecule has 3 rings (SSSR count). The van der Waals surface area contributed by atoms with E-state index >= 15 is 0 Å². The molecular weight excluding hydrogens is 194 g/mol. The number of carbonyl (C=O) groups is 1. The van der Waals surface area contributed by atoms with E-state index in [1.807, 2.05) is 0 Å². The van der Waals surface area contributed by atoms with Gasteiger partial charge in [0.25, 0.3) is 5.91 Å². The molecule has 1 N–H and O–H groups in total. The van der Waals surface area contributed by atoms with Crippen molar-refractivity contribution in [2.24, 2.45) is 0 Å². The number of aryl methyl sites for hydroxylation is 1. The van der Waals surface area contributed by atoms with Gasteiger partial charge in [-0.1, -0.05) is 0 Å². The van der Waals surface area contributed by atoms with Crippen molar-refractivity contribution >= 4 is 5.91 Å². The minimum atomic E-state index is -0.0550. The molecule has 15 heavy (non-hydrogen) atoms. The van der Waals surface area contributed by atoms with E-state index in [1.165, 1.54) is 0 Å². The number of nitrogens with zero attached hydrogens (tertiary/aromatic N) is 2. The Morgan fingerprint density at radius 1 is 1.60 bits per heavy atom. The van der Waals surface area contributed by atoms with Gasteiger partial charge in [-0.25, -0.2) is 4.68 Å². The zero-order chi connectivity index (χ0) is 10.3. The van der Waals surface area contributed by atoms with E-state index in [2.05, 4.69) is 10.4 Å². The Morgan fingerprint density at radius 2 is 2.47 bits per heavy atom. The lowest BCUT2D eigenvalue weighted by atomic mass is 10.3. The van der Waals surface area contributed by atoms with Crippen LogP contribution in [-0.4, -0.2) is 28.3 Å². The van der Waals surface area contributed by atoms with Gasteiger partial charge in [0.15, 0.2) is 0 Å². The zero-order valence-corrected chi connectivity index (χ0v) is 8.40. The molecule has 80 valence electrons. The fourth-order valence-corrected chi connectivity index (χ4v) is 1.72. The molecule has 5 heteroatoms. The first kappa shape index (κ1) is 8.76.